The molecule has 7 heteroatoms. The normalized spacial score (nSPS) is 19.0. The highest BCUT2D eigenvalue weighted by Gasteiger charge is 2.35. The third-order valence-electron chi connectivity index (χ3n) is 6.57. The fourth-order valence-corrected chi connectivity index (χ4v) is 4.71. The maximum Gasteiger partial charge on any atom is 0.275 e. The van der Waals surface area contributed by atoms with E-state index >= 15 is 0 Å². The molecular formula is C25H25N3O4. The van der Waals surface area contributed by atoms with Crippen LogP contribution in [0.3, 0.4) is 0 Å². The first kappa shape index (κ1) is 20.4. The molecule has 0 radical (unpaired) electrons. The van der Waals surface area contributed by atoms with Gasteiger partial charge in [0.05, 0.1) is 17.1 Å². The number of Topliss-reactive ketones (excluding diaryl/α,β-unsaturated/α-hetero) is 1. The van der Waals surface area contributed by atoms with Crippen LogP contribution in [0.4, 0.5) is 0 Å². The fourth-order valence-electron chi connectivity index (χ4n) is 4.71. The fraction of sp³-hybridized carbons (Fsp3) is 0.360. The van der Waals surface area contributed by atoms with Gasteiger partial charge in [-0.3, -0.25) is 14.4 Å². The molecule has 7 nitrogen and oxygen atoms in total. The van der Waals surface area contributed by atoms with Crippen molar-refractivity contribution < 1.29 is 14.3 Å². The van der Waals surface area contributed by atoms with Crippen LogP contribution in [-0.4, -0.2) is 45.6 Å². The van der Waals surface area contributed by atoms with E-state index in [0.29, 0.717) is 36.2 Å². The number of amides is 1. The molecule has 1 amide bonds. The lowest BCUT2D eigenvalue weighted by Crippen LogP contribution is -2.45. The second kappa shape index (κ2) is 8.22. The molecule has 164 valence electrons. The maximum atomic E-state index is 12.8. The third-order valence-corrected chi connectivity index (χ3v) is 6.57. The molecule has 1 saturated heterocycles. The number of aryl methyl sites for hydroxylation is 1. The Bertz CT molecular complexity index is 1260. The monoisotopic (exact) mass is 431 g/mol. The quantitative estimate of drug-likeness (QED) is 0.637. The van der Waals surface area contributed by atoms with Gasteiger partial charge >= 0.3 is 0 Å². The van der Waals surface area contributed by atoms with Gasteiger partial charge in [-0.1, -0.05) is 29.8 Å². The molecule has 5 rings (SSSR count). The molecular weight excluding hydrogens is 406 g/mol. The van der Waals surface area contributed by atoms with Crippen molar-refractivity contribution >= 4 is 22.5 Å². The molecule has 0 spiro atoms. The summed E-state index contributed by atoms with van der Waals surface area (Å²) >= 11 is 0. The highest BCUT2D eigenvalue weighted by molar-refractivity contribution is 6.00. The summed E-state index contributed by atoms with van der Waals surface area (Å²) in [6.45, 7) is 3.06. The summed E-state index contributed by atoms with van der Waals surface area (Å²) < 4.78 is 7.40. The van der Waals surface area contributed by atoms with Gasteiger partial charge in [0, 0.05) is 24.9 Å². The lowest BCUT2D eigenvalue weighted by atomic mass is 9.85. The molecule has 0 N–H and O–H groups in total. The molecule has 1 aromatic heterocycles. The minimum Gasteiger partial charge on any atom is -0.489 e. The summed E-state index contributed by atoms with van der Waals surface area (Å²) in [5.41, 5.74) is 1.46. The number of ether oxygens (including phenoxy) is 1. The molecule has 0 saturated carbocycles. The van der Waals surface area contributed by atoms with Gasteiger partial charge in [0.2, 0.25) is 5.91 Å². The highest BCUT2D eigenvalue weighted by Crippen LogP contribution is 2.34. The molecule has 1 atom stereocenters. The zero-order valence-electron chi connectivity index (χ0n) is 18.0. The highest BCUT2D eigenvalue weighted by atomic mass is 16.5. The number of carbonyl (C=O) groups excluding carboxylic acids is 2. The third kappa shape index (κ3) is 3.79. The number of ketones is 1. The molecule has 32 heavy (non-hydrogen) atoms. The van der Waals surface area contributed by atoms with Gasteiger partial charge in [-0.15, -0.1) is 0 Å². The molecule has 2 aromatic carbocycles. The molecule has 3 aromatic rings. The van der Waals surface area contributed by atoms with Gasteiger partial charge in [0.25, 0.3) is 5.56 Å². The maximum absolute atomic E-state index is 12.8. The first-order chi connectivity index (χ1) is 15.5. The van der Waals surface area contributed by atoms with Crippen LogP contribution in [0, 0.1) is 12.8 Å². The van der Waals surface area contributed by atoms with Gasteiger partial charge in [-0.05, 0) is 43.9 Å². The molecule has 1 unspecified atom stereocenters. The Morgan fingerprint density at radius 1 is 1.12 bits per heavy atom. The van der Waals surface area contributed by atoms with Gasteiger partial charge in [0.1, 0.15) is 18.4 Å². The predicted octanol–water partition coefficient (Wildman–Crippen LogP) is 2.98. The average molecular weight is 431 g/mol. The second-order valence-corrected chi connectivity index (χ2v) is 8.70. The van der Waals surface area contributed by atoms with E-state index in [0.717, 1.165) is 23.8 Å². The summed E-state index contributed by atoms with van der Waals surface area (Å²) in [5.74, 6) is 0.895. The SMILES string of the molecule is Cc1ccc2c(c1)C(=O)CC(C1CCN(C(=O)Cn3ncc4ccccc4c3=O)CC1)O2. The first-order valence-corrected chi connectivity index (χ1v) is 11.0. The Balaban J connectivity index is 1.22. The Labute approximate surface area is 185 Å². The van der Waals surface area contributed by atoms with Crippen LogP contribution in [0.15, 0.2) is 53.5 Å². The first-order valence-electron chi connectivity index (χ1n) is 11.0. The van der Waals surface area contributed by atoms with E-state index in [1.54, 1.807) is 23.2 Å². The molecule has 2 aliphatic heterocycles. The molecule has 1 fully saturated rings. The van der Waals surface area contributed by atoms with E-state index in [1.807, 2.05) is 37.3 Å². The molecule has 0 aliphatic carbocycles. The molecule has 2 aliphatic rings. The van der Waals surface area contributed by atoms with Crippen molar-refractivity contribution in [1.29, 1.82) is 0 Å². The van der Waals surface area contributed by atoms with E-state index < -0.39 is 0 Å². The van der Waals surface area contributed by atoms with E-state index in [2.05, 4.69) is 5.10 Å². The van der Waals surface area contributed by atoms with Crippen LogP contribution >= 0.6 is 0 Å². The summed E-state index contributed by atoms with van der Waals surface area (Å²) in [6.07, 6.45) is 3.38. The number of hydrogen-bond acceptors (Lipinski definition) is 5. The van der Waals surface area contributed by atoms with Crippen molar-refractivity contribution in [2.45, 2.75) is 38.8 Å². The lowest BCUT2D eigenvalue weighted by molar-refractivity contribution is -0.134. The zero-order chi connectivity index (χ0) is 22.2. The van der Waals surface area contributed by atoms with Crippen molar-refractivity contribution in [3.8, 4) is 5.75 Å². The number of aromatic nitrogens is 2. The van der Waals surface area contributed by atoms with Gasteiger partial charge < -0.3 is 9.64 Å². The van der Waals surface area contributed by atoms with Crippen molar-refractivity contribution in [1.82, 2.24) is 14.7 Å². The van der Waals surface area contributed by atoms with Gasteiger partial charge in [0.15, 0.2) is 5.78 Å². The van der Waals surface area contributed by atoms with Crippen molar-refractivity contribution in [2.75, 3.05) is 13.1 Å². The van der Waals surface area contributed by atoms with Gasteiger partial charge in [-0.25, -0.2) is 4.68 Å². The Morgan fingerprint density at radius 3 is 2.72 bits per heavy atom. The van der Waals surface area contributed by atoms with E-state index in [-0.39, 0.29) is 35.8 Å². The Hall–Kier alpha value is -3.48. The average Bonchev–Trinajstić information content (AvgIpc) is 2.81. The summed E-state index contributed by atoms with van der Waals surface area (Å²) in [6, 6.07) is 13.0. The van der Waals surface area contributed by atoms with Crippen LogP contribution in [-0.2, 0) is 11.3 Å². The van der Waals surface area contributed by atoms with E-state index in [1.165, 1.54) is 4.68 Å². The lowest BCUT2D eigenvalue weighted by Gasteiger charge is -2.37. The van der Waals surface area contributed by atoms with Crippen molar-refractivity contribution in [2.24, 2.45) is 5.92 Å². The zero-order valence-corrected chi connectivity index (χ0v) is 18.0. The number of hydrogen-bond donors (Lipinski definition) is 0. The minimum atomic E-state index is -0.255. The van der Waals surface area contributed by atoms with Crippen molar-refractivity contribution in [3.63, 3.8) is 0 Å². The largest absolute Gasteiger partial charge is 0.489 e. The summed E-state index contributed by atoms with van der Waals surface area (Å²) in [4.78, 5) is 39.9. The Morgan fingerprint density at radius 2 is 1.91 bits per heavy atom. The van der Waals surface area contributed by atoms with Crippen LogP contribution in [0.5, 0.6) is 5.75 Å². The molecule has 0 bridgehead atoms. The second-order valence-electron chi connectivity index (χ2n) is 8.70. The Kier molecular flexibility index (Phi) is 5.25. The van der Waals surface area contributed by atoms with Crippen LogP contribution in [0.1, 0.15) is 35.2 Å². The van der Waals surface area contributed by atoms with E-state index in [4.69, 9.17) is 4.74 Å². The van der Waals surface area contributed by atoms with Crippen molar-refractivity contribution in [3.05, 3.63) is 70.1 Å². The van der Waals surface area contributed by atoms with Crippen LogP contribution < -0.4 is 10.3 Å². The predicted molar refractivity (Wildman–Crippen MR) is 120 cm³/mol. The number of nitrogens with zero attached hydrogens (tertiary/aromatic N) is 3. The standard InChI is InChI=1S/C25H25N3O4/c1-16-6-7-22-20(12-16)21(29)13-23(32-22)17-8-10-27(11-9-17)24(30)15-28-25(31)19-5-3-2-4-18(19)14-26-28/h2-7,12,14,17,23H,8-11,13,15H2,1H3. The number of piperidine rings is 1. The topological polar surface area (TPSA) is 81.5 Å². The minimum absolute atomic E-state index is 0.0700. The van der Waals surface area contributed by atoms with E-state index in [9.17, 15) is 14.4 Å². The van der Waals surface area contributed by atoms with Crippen LogP contribution in [0.25, 0.3) is 10.8 Å². The number of carbonyl (C=O) groups is 2. The van der Waals surface area contributed by atoms with Crippen LogP contribution in [0.2, 0.25) is 0 Å². The number of benzene rings is 2. The smallest absolute Gasteiger partial charge is 0.275 e. The van der Waals surface area contributed by atoms with Gasteiger partial charge in [-0.2, -0.15) is 5.10 Å². The number of fused-ring (bicyclic) bond motifs is 2. The summed E-state index contributed by atoms with van der Waals surface area (Å²) in [7, 11) is 0. The summed E-state index contributed by atoms with van der Waals surface area (Å²) in [5, 5.41) is 5.49. The molecule has 3 heterocycles. The number of rotatable bonds is 3. The number of likely N-dealkylation sites (tertiary alicyclic amines) is 1.